The van der Waals surface area contributed by atoms with Gasteiger partial charge in [0, 0.05) is 36.8 Å². The highest BCUT2D eigenvalue weighted by atomic mass is 19.1. The van der Waals surface area contributed by atoms with Crippen LogP contribution in [0.5, 0.6) is 0 Å². The molecule has 2 aliphatic rings. The molecule has 2 aromatic rings. The highest BCUT2D eigenvalue weighted by Crippen LogP contribution is 2.42. The van der Waals surface area contributed by atoms with Crippen molar-refractivity contribution in [1.82, 2.24) is 9.80 Å². The number of amides is 2. The topological polar surface area (TPSA) is 55.8 Å². The van der Waals surface area contributed by atoms with Crippen LogP contribution in [0, 0.1) is 5.82 Å². The molecule has 164 valence electrons. The molecule has 3 atom stereocenters. The summed E-state index contributed by atoms with van der Waals surface area (Å²) in [5.41, 5.74) is 2.94. The third-order valence-electron chi connectivity index (χ3n) is 6.43. The molecule has 2 fully saturated rings. The summed E-state index contributed by atoms with van der Waals surface area (Å²) in [6, 6.07) is 14.4. The van der Waals surface area contributed by atoms with Crippen LogP contribution in [0.15, 0.2) is 54.6 Å². The highest BCUT2D eigenvalue weighted by Gasteiger charge is 2.49. The molecule has 5 nitrogen and oxygen atoms in total. The number of aliphatic hydroxyl groups excluding tert-OH is 1. The number of urea groups is 1. The molecular weight excluding hydrogens is 393 g/mol. The lowest BCUT2D eigenvalue weighted by atomic mass is 9.74. The van der Waals surface area contributed by atoms with E-state index in [1.807, 2.05) is 17.9 Å². The molecule has 31 heavy (non-hydrogen) atoms. The van der Waals surface area contributed by atoms with Crippen molar-refractivity contribution in [3.05, 3.63) is 71.6 Å². The fraction of sp³-hybridized carbons (Fsp3) is 0.400. The zero-order valence-electron chi connectivity index (χ0n) is 17.9. The fourth-order valence-electron chi connectivity index (χ4n) is 4.88. The summed E-state index contributed by atoms with van der Waals surface area (Å²) in [4.78, 5) is 17.2. The second-order valence-electron chi connectivity index (χ2n) is 8.34. The standard InChI is InChI=1S/C25H30FN3O2/c1-2-5-18-6-8-19(9-7-18)24-22-16-28(14-3-4-15-29(22)23(24)17-30)25(31)27-21-12-10-20(26)11-13-21/h2,5-13,22-24,30H,3-4,14-17H2,1H3,(H,27,31)/b5-2+/t22-,23+,24-/m0/s1. The van der Waals surface area contributed by atoms with Crippen LogP contribution in [0.4, 0.5) is 14.9 Å². The van der Waals surface area contributed by atoms with Crippen LogP contribution in [0.3, 0.4) is 0 Å². The molecule has 2 amide bonds. The van der Waals surface area contributed by atoms with Crippen molar-refractivity contribution in [2.75, 3.05) is 31.6 Å². The van der Waals surface area contributed by atoms with Gasteiger partial charge in [-0.2, -0.15) is 0 Å². The number of hydrogen-bond acceptors (Lipinski definition) is 3. The zero-order chi connectivity index (χ0) is 21.8. The molecule has 2 saturated heterocycles. The summed E-state index contributed by atoms with van der Waals surface area (Å²) >= 11 is 0. The van der Waals surface area contributed by atoms with E-state index in [1.165, 1.54) is 17.7 Å². The second-order valence-corrected chi connectivity index (χ2v) is 8.34. The largest absolute Gasteiger partial charge is 0.395 e. The minimum Gasteiger partial charge on any atom is -0.395 e. The van der Waals surface area contributed by atoms with E-state index in [0.717, 1.165) is 24.9 Å². The van der Waals surface area contributed by atoms with Gasteiger partial charge >= 0.3 is 6.03 Å². The molecule has 2 N–H and O–H groups in total. The van der Waals surface area contributed by atoms with E-state index < -0.39 is 0 Å². The number of aliphatic hydroxyl groups is 1. The number of benzene rings is 2. The number of allylic oxidation sites excluding steroid dienone is 1. The number of carbonyl (C=O) groups is 1. The summed E-state index contributed by atoms with van der Waals surface area (Å²) < 4.78 is 13.2. The first kappa shape index (κ1) is 21.5. The Bertz CT molecular complexity index is 913. The first-order valence-corrected chi connectivity index (χ1v) is 11.0. The number of fused-ring (bicyclic) bond motifs is 1. The van der Waals surface area contributed by atoms with Gasteiger partial charge in [-0.25, -0.2) is 9.18 Å². The van der Waals surface area contributed by atoms with Crippen molar-refractivity contribution < 1.29 is 14.3 Å². The first-order chi connectivity index (χ1) is 15.1. The number of rotatable bonds is 4. The number of hydrogen-bond donors (Lipinski definition) is 2. The molecule has 2 heterocycles. The van der Waals surface area contributed by atoms with Crippen LogP contribution in [0.1, 0.15) is 36.8 Å². The Labute approximate surface area is 183 Å². The fourth-order valence-corrected chi connectivity index (χ4v) is 4.88. The van der Waals surface area contributed by atoms with Gasteiger partial charge in [-0.3, -0.25) is 4.90 Å². The maximum absolute atomic E-state index is 13.2. The molecule has 0 aliphatic carbocycles. The molecule has 0 saturated carbocycles. The molecular formula is C25H30FN3O2. The van der Waals surface area contributed by atoms with Crippen LogP contribution in [-0.4, -0.2) is 59.3 Å². The first-order valence-electron chi connectivity index (χ1n) is 11.0. The summed E-state index contributed by atoms with van der Waals surface area (Å²) in [5, 5.41) is 13.0. The number of carbonyl (C=O) groups excluding carboxylic acids is 1. The Morgan fingerprint density at radius 2 is 1.84 bits per heavy atom. The molecule has 0 unspecified atom stereocenters. The predicted molar refractivity (Wildman–Crippen MR) is 121 cm³/mol. The van der Waals surface area contributed by atoms with Crippen LogP contribution in [-0.2, 0) is 0 Å². The number of halogens is 1. The molecule has 4 rings (SSSR count). The maximum Gasteiger partial charge on any atom is 0.321 e. The third kappa shape index (κ3) is 4.65. The van der Waals surface area contributed by atoms with Gasteiger partial charge in [0.15, 0.2) is 0 Å². The number of anilines is 1. The summed E-state index contributed by atoms with van der Waals surface area (Å²) in [5.74, 6) is -0.142. The Balaban J connectivity index is 1.51. The van der Waals surface area contributed by atoms with Gasteiger partial charge in [0.1, 0.15) is 5.82 Å². The zero-order valence-corrected chi connectivity index (χ0v) is 17.9. The lowest BCUT2D eigenvalue weighted by molar-refractivity contribution is -0.0585. The minimum atomic E-state index is -0.326. The lowest BCUT2D eigenvalue weighted by Gasteiger charge is -2.57. The van der Waals surface area contributed by atoms with Crippen molar-refractivity contribution in [2.24, 2.45) is 0 Å². The van der Waals surface area contributed by atoms with E-state index in [-0.39, 0.29) is 36.5 Å². The average molecular weight is 424 g/mol. The molecule has 2 aliphatic heterocycles. The van der Waals surface area contributed by atoms with Crippen molar-refractivity contribution in [3.8, 4) is 0 Å². The average Bonchev–Trinajstić information content (AvgIpc) is 2.75. The van der Waals surface area contributed by atoms with Crippen LogP contribution in [0.25, 0.3) is 6.08 Å². The normalized spacial score (nSPS) is 24.2. The van der Waals surface area contributed by atoms with Gasteiger partial charge in [0.2, 0.25) is 0 Å². The Morgan fingerprint density at radius 1 is 1.13 bits per heavy atom. The van der Waals surface area contributed by atoms with Crippen LogP contribution < -0.4 is 5.32 Å². The Kier molecular flexibility index (Phi) is 6.68. The van der Waals surface area contributed by atoms with Crippen molar-refractivity contribution in [1.29, 1.82) is 0 Å². The van der Waals surface area contributed by atoms with Gasteiger partial charge in [-0.1, -0.05) is 36.4 Å². The number of nitrogens with one attached hydrogen (secondary N) is 1. The third-order valence-corrected chi connectivity index (χ3v) is 6.43. The molecule has 2 aromatic carbocycles. The molecule has 0 spiro atoms. The van der Waals surface area contributed by atoms with Gasteiger partial charge in [0.05, 0.1) is 6.61 Å². The second kappa shape index (κ2) is 9.62. The maximum atomic E-state index is 13.2. The Morgan fingerprint density at radius 3 is 2.52 bits per heavy atom. The predicted octanol–water partition coefficient (Wildman–Crippen LogP) is 4.32. The van der Waals surface area contributed by atoms with Gasteiger partial charge in [0.25, 0.3) is 0 Å². The smallest absolute Gasteiger partial charge is 0.321 e. The van der Waals surface area contributed by atoms with Crippen molar-refractivity contribution in [3.63, 3.8) is 0 Å². The van der Waals surface area contributed by atoms with Gasteiger partial charge in [-0.15, -0.1) is 0 Å². The molecule has 6 heteroatoms. The van der Waals surface area contributed by atoms with E-state index in [0.29, 0.717) is 18.8 Å². The number of nitrogens with zero attached hydrogens (tertiary/aromatic N) is 2. The summed E-state index contributed by atoms with van der Waals surface area (Å²) in [7, 11) is 0. The SMILES string of the molecule is C/C=C/c1ccc([C@@H]2[C@@H](CO)N3CCCCN(C(=O)Nc4ccc(F)cc4)C[C@@H]23)cc1. The van der Waals surface area contributed by atoms with Gasteiger partial charge in [-0.05, 0) is 61.7 Å². The summed E-state index contributed by atoms with van der Waals surface area (Å²) in [6.45, 7) is 4.34. The minimum absolute atomic E-state index is 0.0812. The van der Waals surface area contributed by atoms with Crippen molar-refractivity contribution in [2.45, 2.75) is 37.8 Å². The van der Waals surface area contributed by atoms with E-state index >= 15 is 0 Å². The molecule has 0 radical (unpaired) electrons. The highest BCUT2D eigenvalue weighted by molar-refractivity contribution is 5.89. The van der Waals surface area contributed by atoms with E-state index in [2.05, 4.69) is 40.6 Å². The quantitative estimate of drug-likeness (QED) is 0.770. The van der Waals surface area contributed by atoms with E-state index in [1.54, 1.807) is 12.1 Å². The summed E-state index contributed by atoms with van der Waals surface area (Å²) in [6.07, 6.45) is 5.99. The van der Waals surface area contributed by atoms with Crippen LogP contribution >= 0.6 is 0 Å². The van der Waals surface area contributed by atoms with Gasteiger partial charge < -0.3 is 15.3 Å². The van der Waals surface area contributed by atoms with Crippen molar-refractivity contribution >= 4 is 17.8 Å². The Hall–Kier alpha value is -2.70. The van der Waals surface area contributed by atoms with E-state index in [4.69, 9.17) is 0 Å². The molecule has 0 bridgehead atoms. The monoisotopic (exact) mass is 423 g/mol. The van der Waals surface area contributed by atoms with Crippen LogP contribution in [0.2, 0.25) is 0 Å². The lowest BCUT2D eigenvalue weighted by Crippen LogP contribution is -2.68. The van der Waals surface area contributed by atoms with E-state index in [9.17, 15) is 14.3 Å². The molecule has 0 aromatic heterocycles.